The molecule has 0 aliphatic heterocycles. The molecule has 1 unspecified atom stereocenters. The van der Waals surface area contributed by atoms with E-state index in [1.165, 1.54) is 11.9 Å². The Hall–Kier alpha value is -5.23. The fourth-order valence-corrected chi connectivity index (χ4v) is 4.44. The Labute approximate surface area is 244 Å². The second kappa shape index (κ2) is 11.3. The van der Waals surface area contributed by atoms with Crippen molar-refractivity contribution in [3.8, 4) is 23.1 Å². The van der Waals surface area contributed by atoms with E-state index in [4.69, 9.17) is 14.7 Å². The van der Waals surface area contributed by atoms with Gasteiger partial charge in [-0.15, -0.1) is 0 Å². The van der Waals surface area contributed by atoms with E-state index in [9.17, 15) is 9.59 Å². The second-order valence-electron chi connectivity index (χ2n) is 11.0. The van der Waals surface area contributed by atoms with Crippen molar-refractivity contribution in [2.24, 2.45) is 0 Å². The first kappa shape index (κ1) is 28.3. The van der Waals surface area contributed by atoms with Gasteiger partial charge in [-0.2, -0.15) is 0 Å². The Morgan fingerprint density at radius 1 is 1.02 bits per heavy atom. The fraction of sp³-hybridized carbons (Fsp3) is 0.242. The van der Waals surface area contributed by atoms with E-state index in [0.29, 0.717) is 11.5 Å². The van der Waals surface area contributed by atoms with E-state index in [1.54, 1.807) is 40.0 Å². The highest BCUT2D eigenvalue weighted by molar-refractivity contribution is 5.95. The van der Waals surface area contributed by atoms with Gasteiger partial charge in [0.05, 0.1) is 16.9 Å². The topological polar surface area (TPSA) is 102 Å². The Balaban J connectivity index is 1.51. The number of carbonyl (C=O) groups excluding carboxylic acids is 2. The zero-order chi connectivity index (χ0) is 30.0. The maximum Gasteiger partial charge on any atom is 0.410 e. The van der Waals surface area contributed by atoms with Crippen LogP contribution in [-0.2, 0) is 9.53 Å². The molecule has 0 aliphatic rings. The van der Waals surface area contributed by atoms with Crippen LogP contribution in [0.2, 0.25) is 0 Å². The van der Waals surface area contributed by atoms with E-state index in [0.717, 1.165) is 39.1 Å². The van der Waals surface area contributed by atoms with Gasteiger partial charge in [0.1, 0.15) is 28.8 Å². The smallest absolute Gasteiger partial charge is 0.410 e. The molecule has 0 aliphatic carbocycles. The van der Waals surface area contributed by atoms with Crippen molar-refractivity contribution < 1.29 is 14.3 Å². The zero-order valence-electron chi connectivity index (χ0n) is 24.5. The monoisotopic (exact) mass is 560 g/mol. The summed E-state index contributed by atoms with van der Waals surface area (Å²) in [6, 6.07) is 18.3. The molecule has 0 radical (unpaired) electrons. The van der Waals surface area contributed by atoms with Gasteiger partial charge in [-0.1, -0.05) is 18.1 Å². The van der Waals surface area contributed by atoms with Crippen LogP contribution in [0.25, 0.3) is 27.8 Å². The van der Waals surface area contributed by atoms with Crippen molar-refractivity contribution in [2.75, 3.05) is 12.4 Å². The van der Waals surface area contributed by atoms with Crippen LogP contribution in [0.4, 0.5) is 10.6 Å². The summed E-state index contributed by atoms with van der Waals surface area (Å²) in [5.74, 6) is 6.36. The number of pyridine rings is 3. The number of imidazole rings is 1. The lowest BCUT2D eigenvalue weighted by Gasteiger charge is -2.28. The Morgan fingerprint density at radius 2 is 1.83 bits per heavy atom. The molecule has 5 rings (SSSR count). The maximum absolute atomic E-state index is 13.1. The van der Waals surface area contributed by atoms with Crippen LogP contribution in [-0.4, -0.2) is 54.9 Å². The lowest BCUT2D eigenvalue weighted by molar-refractivity contribution is -0.120. The van der Waals surface area contributed by atoms with Gasteiger partial charge in [0.2, 0.25) is 5.91 Å². The van der Waals surface area contributed by atoms with Gasteiger partial charge in [-0.05, 0) is 89.1 Å². The number of rotatable bonds is 4. The average Bonchev–Trinajstić information content (AvgIpc) is 3.29. The molecule has 0 saturated carbocycles. The number of aryl methyl sites for hydroxylation is 1. The number of ether oxygens (including phenoxy) is 1. The number of nitrogens with one attached hydrogen (secondary N) is 1. The molecule has 4 heterocycles. The van der Waals surface area contributed by atoms with E-state index < -0.39 is 23.6 Å². The van der Waals surface area contributed by atoms with Crippen LogP contribution < -0.4 is 5.32 Å². The standard InChI is InChI=1S/C33H32N6O3/c1-21-30(39-19-8-7-11-29(39)35-21)25-14-17-28(37-31(40)22(2)38(6)32(41)42-33(3,4)5)36-27(25)16-13-23-12-15-26-24(20-23)10-9-18-34-26/h7-12,14-15,17-20,22H,1-6H3,(H,36,37,40). The van der Waals surface area contributed by atoms with Crippen LogP contribution in [0.15, 0.2) is 73.1 Å². The van der Waals surface area contributed by atoms with Crippen LogP contribution in [0.1, 0.15) is 44.6 Å². The third-order valence-corrected chi connectivity index (χ3v) is 6.68. The summed E-state index contributed by atoms with van der Waals surface area (Å²) in [6.45, 7) is 8.90. The van der Waals surface area contributed by atoms with Crippen molar-refractivity contribution in [3.05, 3.63) is 90.0 Å². The predicted molar refractivity (Wildman–Crippen MR) is 163 cm³/mol. The van der Waals surface area contributed by atoms with Crippen molar-refractivity contribution in [3.63, 3.8) is 0 Å². The Bertz CT molecular complexity index is 1880. The third-order valence-electron chi connectivity index (χ3n) is 6.68. The summed E-state index contributed by atoms with van der Waals surface area (Å²) in [5, 5.41) is 3.81. The quantitative estimate of drug-likeness (QED) is 0.277. The number of hydrogen-bond donors (Lipinski definition) is 1. The summed E-state index contributed by atoms with van der Waals surface area (Å²) in [4.78, 5) is 40.7. The number of amides is 2. The van der Waals surface area contributed by atoms with Crippen molar-refractivity contribution in [1.29, 1.82) is 0 Å². The first-order valence-corrected chi connectivity index (χ1v) is 13.6. The lowest BCUT2D eigenvalue weighted by atomic mass is 10.1. The van der Waals surface area contributed by atoms with Gasteiger partial charge in [0, 0.05) is 36.0 Å². The minimum atomic E-state index is -0.803. The highest BCUT2D eigenvalue weighted by Gasteiger charge is 2.27. The molecule has 1 N–H and O–H groups in total. The lowest BCUT2D eigenvalue weighted by Crippen LogP contribution is -2.45. The second-order valence-corrected chi connectivity index (χ2v) is 11.0. The number of benzene rings is 1. The molecular formula is C33H32N6O3. The molecule has 0 fully saturated rings. The maximum atomic E-state index is 13.1. The normalized spacial score (nSPS) is 12.0. The summed E-state index contributed by atoms with van der Waals surface area (Å²) in [5.41, 5.74) is 4.76. The van der Waals surface area contributed by atoms with E-state index in [2.05, 4.69) is 22.1 Å². The number of likely N-dealkylation sites (N-methyl/N-ethyl adjacent to an activating group) is 1. The minimum Gasteiger partial charge on any atom is -0.444 e. The van der Waals surface area contributed by atoms with Gasteiger partial charge in [0.15, 0.2) is 0 Å². The first-order valence-electron chi connectivity index (χ1n) is 13.6. The summed E-state index contributed by atoms with van der Waals surface area (Å²) in [6.07, 6.45) is 3.12. The highest BCUT2D eigenvalue weighted by Crippen LogP contribution is 2.28. The molecule has 4 aromatic heterocycles. The molecule has 9 heteroatoms. The first-order chi connectivity index (χ1) is 20.0. The summed E-state index contributed by atoms with van der Waals surface area (Å²) >= 11 is 0. The van der Waals surface area contributed by atoms with Crippen LogP contribution in [0, 0.1) is 18.8 Å². The zero-order valence-corrected chi connectivity index (χ0v) is 24.5. The van der Waals surface area contributed by atoms with Crippen molar-refractivity contribution in [2.45, 2.75) is 46.3 Å². The molecule has 2 amide bonds. The van der Waals surface area contributed by atoms with Crippen LogP contribution in [0.5, 0.6) is 0 Å². The molecule has 1 atom stereocenters. The van der Waals surface area contributed by atoms with Crippen LogP contribution >= 0.6 is 0 Å². The predicted octanol–water partition coefficient (Wildman–Crippen LogP) is 5.85. The largest absolute Gasteiger partial charge is 0.444 e. The van der Waals surface area contributed by atoms with E-state index >= 15 is 0 Å². The number of aromatic nitrogens is 4. The third kappa shape index (κ3) is 6.08. The molecule has 212 valence electrons. The van der Waals surface area contributed by atoms with Gasteiger partial charge in [-0.25, -0.2) is 14.8 Å². The van der Waals surface area contributed by atoms with Gasteiger partial charge in [0.25, 0.3) is 0 Å². The minimum absolute atomic E-state index is 0.312. The molecule has 5 aromatic rings. The fourth-order valence-electron chi connectivity index (χ4n) is 4.44. The van der Waals surface area contributed by atoms with E-state index in [1.807, 2.05) is 72.1 Å². The number of carbonyl (C=O) groups is 2. The molecule has 42 heavy (non-hydrogen) atoms. The summed E-state index contributed by atoms with van der Waals surface area (Å²) in [7, 11) is 1.53. The Kier molecular flexibility index (Phi) is 7.64. The number of anilines is 1. The van der Waals surface area contributed by atoms with E-state index in [-0.39, 0.29) is 0 Å². The molecule has 0 bridgehead atoms. The van der Waals surface area contributed by atoms with Gasteiger partial charge < -0.3 is 10.1 Å². The van der Waals surface area contributed by atoms with Gasteiger partial charge in [-0.3, -0.25) is 19.1 Å². The van der Waals surface area contributed by atoms with Crippen molar-refractivity contribution in [1.82, 2.24) is 24.3 Å². The molecule has 0 spiro atoms. The Morgan fingerprint density at radius 3 is 2.62 bits per heavy atom. The molecular weight excluding hydrogens is 528 g/mol. The SMILES string of the molecule is Cc1nc2ccccn2c1-c1ccc(NC(=O)C(C)N(C)C(=O)OC(C)(C)C)nc1C#Cc1ccc2ncccc2c1. The molecule has 9 nitrogen and oxygen atoms in total. The van der Waals surface area contributed by atoms with Crippen LogP contribution in [0.3, 0.4) is 0 Å². The number of fused-ring (bicyclic) bond motifs is 2. The van der Waals surface area contributed by atoms with Gasteiger partial charge >= 0.3 is 6.09 Å². The molecule has 1 aromatic carbocycles. The molecule has 0 saturated heterocycles. The number of nitrogens with zero attached hydrogens (tertiary/aromatic N) is 5. The average molecular weight is 561 g/mol. The number of hydrogen-bond acceptors (Lipinski definition) is 6. The highest BCUT2D eigenvalue weighted by atomic mass is 16.6. The van der Waals surface area contributed by atoms with Crippen molar-refractivity contribution >= 4 is 34.4 Å². The summed E-state index contributed by atoms with van der Waals surface area (Å²) < 4.78 is 7.40.